The Balaban J connectivity index is 2.71. The van der Waals surface area contributed by atoms with Gasteiger partial charge in [-0.05, 0) is 25.1 Å². The molecule has 0 fully saturated rings. The Bertz CT molecular complexity index is 537. The lowest BCUT2D eigenvalue weighted by molar-refractivity contribution is 0.322. The zero-order valence-corrected chi connectivity index (χ0v) is 8.86. The average Bonchev–Trinajstić information content (AvgIpc) is 2.20. The van der Waals surface area contributed by atoms with Crippen molar-refractivity contribution < 1.29 is 5.21 Å². The highest BCUT2D eigenvalue weighted by Gasteiger charge is 2.03. The normalized spacial score (nSPS) is 11.3. The Morgan fingerprint density at radius 3 is 2.93 bits per heavy atom. The van der Waals surface area contributed by atoms with E-state index in [9.17, 15) is 0 Å². The van der Waals surface area contributed by atoms with Crippen LogP contribution in [-0.2, 0) is 0 Å². The van der Waals surface area contributed by atoms with Gasteiger partial charge in [-0.15, -0.1) is 0 Å². The van der Waals surface area contributed by atoms with Gasteiger partial charge in [-0.25, -0.2) is 4.98 Å². The van der Waals surface area contributed by atoms with E-state index in [1.807, 2.05) is 31.2 Å². The van der Waals surface area contributed by atoms with Gasteiger partial charge in [0.25, 0.3) is 0 Å². The molecule has 0 aliphatic carbocycles. The molecule has 76 valence electrons. The number of oxime groups is 1. The van der Waals surface area contributed by atoms with Gasteiger partial charge in [0.2, 0.25) is 0 Å². The molecular weight excluding hydrogens is 212 g/mol. The van der Waals surface area contributed by atoms with Gasteiger partial charge in [0, 0.05) is 10.9 Å². The van der Waals surface area contributed by atoms with Crippen molar-refractivity contribution >= 4 is 28.7 Å². The summed E-state index contributed by atoms with van der Waals surface area (Å²) in [6.45, 7) is 2.01. The maximum atomic E-state index is 8.45. The largest absolute Gasteiger partial charge is 0.411 e. The van der Waals surface area contributed by atoms with Crippen LogP contribution in [0.2, 0.25) is 5.15 Å². The standard InChI is InChI=1S/C11H9ClN2O/c1-7-2-3-10-8(4-7)5-9(6-13-15)11(12)14-10/h2-6,15H,1H3. The zero-order chi connectivity index (χ0) is 10.8. The van der Waals surface area contributed by atoms with Crippen LogP contribution in [0.1, 0.15) is 11.1 Å². The van der Waals surface area contributed by atoms with E-state index in [4.69, 9.17) is 16.8 Å². The minimum atomic E-state index is 0.337. The lowest BCUT2D eigenvalue weighted by atomic mass is 10.1. The Kier molecular flexibility index (Phi) is 2.56. The molecule has 0 spiro atoms. The van der Waals surface area contributed by atoms with Crippen molar-refractivity contribution in [3.8, 4) is 0 Å². The Labute approximate surface area is 92.0 Å². The summed E-state index contributed by atoms with van der Waals surface area (Å²) in [6, 6.07) is 7.74. The lowest BCUT2D eigenvalue weighted by Gasteiger charge is -2.02. The SMILES string of the molecule is Cc1ccc2nc(Cl)c(C=NO)cc2c1. The van der Waals surface area contributed by atoms with Gasteiger partial charge < -0.3 is 5.21 Å². The third kappa shape index (κ3) is 1.92. The first kappa shape index (κ1) is 9.93. The Hall–Kier alpha value is -1.61. The van der Waals surface area contributed by atoms with Crippen LogP contribution in [0.4, 0.5) is 0 Å². The lowest BCUT2D eigenvalue weighted by Crippen LogP contribution is -1.89. The predicted octanol–water partition coefficient (Wildman–Crippen LogP) is 3.00. The summed E-state index contributed by atoms with van der Waals surface area (Å²) in [5.74, 6) is 0. The fourth-order valence-electron chi connectivity index (χ4n) is 1.44. The minimum absolute atomic E-state index is 0.337. The van der Waals surface area contributed by atoms with Crippen molar-refractivity contribution in [1.82, 2.24) is 4.98 Å². The first-order chi connectivity index (χ1) is 7.20. The summed E-state index contributed by atoms with van der Waals surface area (Å²) in [6.07, 6.45) is 1.27. The molecule has 3 nitrogen and oxygen atoms in total. The van der Waals surface area contributed by atoms with Crippen molar-refractivity contribution in [1.29, 1.82) is 0 Å². The second-order valence-electron chi connectivity index (χ2n) is 3.31. The summed E-state index contributed by atoms with van der Waals surface area (Å²) < 4.78 is 0. The van der Waals surface area contributed by atoms with Crippen LogP contribution < -0.4 is 0 Å². The number of aromatic nitrogens is 1. The van der Waals surface area contributed by atoms with E-state index in [-0.39, 0.29) is 0 Å². The van der Waals surface area contributed by atoms with E-state index in [1.54, 1.807) is 0 Å². The van der Waals surface area contributed by atoms with Crippen LogP contribution in [0.3, 0.4) is 0 Å². The molecule has 1 N–H and O–H groups in total. The number of aryl methyl sites for hydroxylation is 1. The molecule has 1 aromatic carbocycles. The van der Waals surface area contributed by atoms with Crippen LogP contribution >= 0.6 is 11.6 Å². The molecule has 1 heterocycles. The van der Waals surface area contributed by atoms with Gasteiger partial charge in [-0.1, -0.05) is 28.4 Å². The fourth-order valence-corrected chi connectivity index (χ4v) is 1.64. The van der Waals surface area contributed by atoms with E-state index >= 15 is 0 Å². The summed E-state index contributed by atoms with van der Waals surface area (Å²) in [7, 11) is 0. The Morgan fingerprint density at radius 2 is 2.20 bits per heavy atom. The highest BCUT2D eigenvalue weighted by Crippen LogP contribution is 2.20. The second kappa shape index (κ2) is 3.87. The molecule has 0 saturated heterocycles. The van der Waals surface area contributed by atoms with E-state index < -0.39 is 0 Å². The molecule has 1 aromatic heterocycles. The number of pyridine rings is 1. The first-order valence-corrected chi connectivity index (χ1v) is 4.83. The number of benzene rings is 1. The summed E-state index contributed by atoms with van der Waals surface area (Å²) in [5.41, 5.74) is 2.59. The number of nitrogens with zero attached hydrogens (tertiary/aromatic N) is 2. The van der Waals surface area contributed by atoms with Crippen LogP contribution in [0.5, 0.6) is 0 Å². The molecule has 0 amide bonds. The molecule has 0 unspecified atom stereocenters. The van der Waals surface area contributed by atoms with Crippen molar-refractivity contribution in [3.63, 3.8) is 0 Å². The minimum Gasteiger partial charge on any atom is -0.411 e. The predicted molar refractivity (Wildman–Crippen MR) is 60.9 cm³/mol. The zero-order valence-electron chi connectivity index (χ0n) is 8.11. The topological polar surface area (TPSA) is 45.5 Å². The summed E-state index contributed by atoms with van der Waals surface area (Å²) in [5, 5.41) is 12.7. The third-order valence-corrected chi connectivity index (χ3v) is 2.45. The molecule has 0 bridgehead atoms. The van der Waals surface area contributed by atoms with Crippen LogP contribution in [-0.4, -0.2) is 16.4 Å². The molecule has 2 rings (SSSR count). The maximum Gasteiger partial charge on any atom is 0.138 e. The monoisotopic (exact) mass is 220 g/mol. The Morgan fingerprint density at radius 1 is 1.40 bits per heavy atom. The number of hydrogen-bond acceptors (Lipinski definition) is 3. The van der Waals surface area contributed by atoms with Gasteiger partial charge in [-0.2, -0.15) is 0 Å². The van der Waals surface area contributed by atoms with Crippen molar-refractivity contribution in [2.45, 2.75) is 6.92 Å². The summed E-state index contributed by atoms with van der Waals surface area (Å²) in [4.78, 5) is 4.20. The highest BCUT2D eigenvalue weighted by atomic mass is 35.5. The maximum absolute atomic E-state index is 8.45. The van der Waals surface area contributed by atoms with Gasteiger partial charge in [0.05, 0.1) is 11.7 Å². The van der Waals surface area contributed by atoms with Gasteiger partial charge >= 0.3 is 0 Å². The van der Waals surface area contributed by atoms with Gasteiger partial charge in [0.15, 0.2) is 0 Å². The smallest absolute Gasteiger partial charge is 0.138 e. The fraction of sp³-hybridized carbons (Fsp3) is 0.0909. The van der Waals surface area contributed by atoms with E-state index in [0.29, 0.717) is 10.7 Å². The highest BCUT2D eigenvalue weighted by molar-refractivity contribution is 6.32. The number of rotatable bonds is 1. The van der Waals surface area contributed by atoms with Crippen LogP contribution in [0, 0.1) is 6.92 Å². The first-order valence-electron chi connectivity index (χ1n) is 4.45. The van der Waals surface area contributed by atoms with Crippen molar-refractivity contribution in [3.05, 3.63) is 40.5 Å². The molecule has 0 atom stereocenters. The third-order valence-electron chi connectivity index (χ3n) is 2.15. The second-order valence-corrected chi connectivity index (χ2v) is 3.67. The van der Waals surface area contributed by atoms with Crippen molar-refractivity contribution in [2.24, 2.45) is 5.16 Å². The number of halogens is 1. The molecule has 0 aliphatic heterocycles. The average molecular weight is 221 g/mol. The van der Waals surface area contributed by atoms with E-state index in [1.165, 1.54) is 6.21 Å². The molecule has 4 heteroatoms. The number of fused-ring (bicyclic) bond motifs is 1. The van der Waals surface area contributed by atoms with Gasteiger partial charge in [0.1, 0.15) is 5.15 Å². The van der Waals surface area contributed by atoms with Crippen LogP contribution in [0.15, 0.2) is 29.4 Å². The molecule has 15 heavy (non-hydrogen) atoms. The quantitative estimate of drug-likeness (QED) is 0.348. The molecule has 0 saturated carbocycles. The molecular formula is C11H9ClN2O. The number of hydrogen-bond donors (Lipinski definition) is 1. The molecule has 0 aliphatic rings. The summed E-state index contributed by atoms with van der Waals surface area (Å²) >= 11 is 5.91. The van der Waals surface area contributed by atoms with Crippen LogP contribution in [0.25, 0.3) is 10.9 Å². The van der Waals surface area contributed by atoms with E-state index in [0.717, 1.165) is 16.5 Å². The van der Waals surface area contributed by atoms with E-state index in [2.05, 4.69) is 10.1 Å². The van der Waals surface area contributed by atoms with Crippen molar-refractivity contribution in [2.75, 3.05) is 0 Å². The molecule has 2 aromatic rings. The van der Waals surface area contributed by atoms with Gasteiger partial charge in [-0.3, -0.25) is 0 Å². The molecule has 0 radical (unpaired) electrons.